The molecule has 0 spiro atoms. The Morgan fingerprint density at radius 1 is 1.30 bits per heavy atom. The molecule has 126 valence electrons. The molecule has 1 atom stereocenters. The Hall–Kier alpha value is -1.85. The largest absolute Gasteiger partial charge is 0.489 e. The van der Waals surface area contributed by atoms with Crippen molar-refractivity contribution < 1.29 is 23.0 Å². The lowest BCUT2D eigenvalue weighted by atomic mass is 9.98. The van der Waals surface area contributed by atoms with Crippen molar-refractivity contribution in [2.24, 2.45) is 5.92 Å². The average Bonchev–Trinajstić information content (AvgIpc) is 3.19. The summed E-state index contributed by atoms with van der Waals surface area (Å²) in [5.74, 6) is 1.25. The maximum atomic E-state index is 12.5. The normalized spacial score (nSPS) is 20.9. The molecule has 1 heterocycles. The molecule has 1 aromatic carbocycles. The van der Waals surface area contributed by atoms with Crippen LogP contribution in [0.25, 0.3) is 0 Å². The van der Waals surface area contributed by atoms with Gasteiger partial charge in [0.2, 0.25) is 5.91 Å². The van der Waals surface area contributed by atoms with Gasteiger partial charge in [-0.05, 0) is 42.9 Å². The Morgan fingerprint density at radius 3 is 2.70 bits per heavy atom. The number of amides is 1. The van der Waals surface area contributed by atoms with Crippen molar-refractivity contribution in [3.05, 3.63) is 23.8 Å². The predicted octanol–water partition coefficient (Wildman–Crippen LogP) is 3.41. The number of carbonyl (C=O) groups is 1. The summed E-state index contributed by atoms with van der Waals surface area (Å²) in [6.45, 7) is 0.614. The number of benzene rings is 1. The molecule has 0 aromatic heterocycles. The van der Waals surface area contributed by atoms with E-state index in [4.69, 9.17) is 4.74 Å². The Labute approximate surface area is 134 Å². The first-order valence-electron chi connectivity index (χ1n) is 8.00. The number of alkyl halides is 2. The molecule has 6 heteroatoms. The summed E-state index contributed by atoms with van der Waals surface area (Å²) in [5.41, 5.74) is 1.00. The molecule has 23 heavy (non-hydrogen) atoms. The van der Waals surface area contributed by atoms with Gasteiger partial charge in [0.05, 0.1) is 6.61 Å². The molecule has 1 saturated carbocycles. The molecule has 0 radical (unpaired) electrons. The van der Waals surface area contributed by atoms with Crippen LogP contribution < -0.4 is 9.47 Å². The van der Waals surface area contributed by atoms with Gasteiger partial charge in [-0.25, -0.2) is 0 Å². The Morgan fingerprint density at radius 2 is 2.09 bits per heavy atom. The first-order chi connectivity index (χ1) is 11.0. The average molecular weight is 325 g/mol. The lowest BCUT2D eigenvalue weighted by Gasteiger charge is -2.17. The molecule has 4 nitrogen and oxygen atoms in total. The lowest BCUT2D eigenvalue weighted by molar-refractivity contribution is -0.127. The number of likely N-dealkylation sites (tertiary alicyclic amines) is 1. The van der Waals surface area contributed by atoms with Crippen LogP contribution in [0.1, 0.15) is 37.7 Å². The highest BCUT2D eigenvalue weighted by Crippen LogP contribution is 2.37. The van der Waals surface area contributed by atoms with E-state index < -0.39 is 6.61 Å². The summed E-state index contributed by atoms with van der Waals surface area (Å²) in [7, 11) is 0. The number of carbonyl (C=O) groups excluding carboxylic acids is 1. The van der Waals surface area contributed by atoms with Gasteiger partial charge in [-0.15, -0.1) is 0 Å². The standard InChI is InChI=1S/C17H21F2NO3/c1-11(21)20-7-6-14(9-20)13-4-5-15(23-17(18)19)16(8-13)22-10-12-2-3-12/h4-5,8,12,14,17H,2-3,6-7,9-10H2,1H3/t14-/m1/s1. The number of rotatable bonds is 6. The minimum Gasteiger partial charge on any atom is -0.489 e. The molecule has 2 aliphatic rings. The van der Waals surface area contributed by atoms with E-state index in [0.29, 0.717) is 24.8 Å². The third-order valence-electron chi connectivity index (χ3n) is 4.46. The van der Waals surface area contributed by atoms with Crippen LogP contribution in [0.15, 0.2) is 18.2 Å². The van der Waals surface area contributed by atoms with E-state index in [1.165, 1.54) is 0 Å². The lowest BCUT2D eigenvalue weighted by Crippen LogP contribution is -2.25. The second-order valence-corrected chi connectivity index (χ2v) is 6.29. The van der Waals surface area contributed by atoms with Crippen LogP contribution in [0, 0.1) is 5.92 Å². The van der Waals surface area contributed by atoms with E-state index in [-0.39, 0.29) is 17.6 Å². The molecule has 0 bridgehead atoms. The smallest absolute Gasteiger partial charge is 0.387 e. The van der Waals surface area contributed by atoms with Crippen molar-refractivity contribution in [3.8, 4) is 11.5 Å². The maximum Gasteiger partial charge on any atom is 0.387 e. The molecule has 0 unspecified atom stereocenters. The molecule has 1 saturated heterocycles. The zero-order chi connectivity index (χ0) is 16.4. The Bertz CT molecular complexity index is 575. The monoisotopic (exact) mass is 325 g/mol. The van der Waals surface area contributed by atoms with E-state index in [1.54, 1.807) is 30.0 Å². The van der Waals surface area contributed by atoms with Gasteiger partial charge in [-0.3, -0.25) is 4.79 Å². The molecule has 1 aliphatic heterocycles. The molecule has 2 fully saturated rings. The fourth-order valence-corrected chi connectivity index (χ4v) is 2.90. The summed E-state index contributed by atoms with van der Waals surface area (Å²) < 4.78 is 35.3. The van der Waals surface area contributed by atoms with Gasteiger partial charge < -0.3 is 14.4 Å². The molecular weight excluding hydrogens is 304 g/mol. The van der Waals surface area contributed by atoms with Crippen molar-refractivity contribution in [3.63, 3.8) is 0 Å². The number of nitrogens with zero attached hydrogens (tertiary/aromatic N) is 1. The topological polar surface area (TPSA) is 38.8 Å². The fraction of sp³-hybridized carbons (Fsp3) is 0.588. The number of ether oxygens (including phenoxy) is 2. The zero-order valence-corrected chi connectivity index (χ0v) is 13.1. The molecular formula is C17H21F2NO3. The molecule has 1 aliphatic carbocycles. The highest BCUT2D eigenvalue weighted by Gasteiger charge is 2.27. The van der Waals surface area contributed by atoms with Gasteiger partial charge in [0, 0.05) is 25.9 Å². The van der Waals surface area contributed by atoms with E-state index in [1.807, 2.05) is 0 Å². The molecule has 0 N–H and O–H groups in total. The third kappa shape index (κ3) is 4.12. The van der Waals surface area contributed by atoms with Crippen molar-refractivity contribution in [2.75, 3.05) is 19.7 Å². The second kappa shape index (κ2) is 6.72. The molecule has 1 aromatic rings. The van der Waals surface area contributed by atoms with E-state index in [2.05, 4.69) is 4.74 Å². The number of hydrogen-bond donors (Lipinski definition) is 0. The summed E-state index contributed by atoms with van der Waals surface area (Å²) in [5, 5.41) is 0. The van der Waals surface area contributed by atoms with Crippen LogP contribution in [-0.4, -0.2) is 37.1 Å². The van der Waals surface area contributed by atoms with Crippen LogP contribution in [0.4, 0.5) is 8.78 Å². The Kier molecular flexibility index (Phi) is 4.68. The van der Waals surface area contributed by atoms with Crippen molar-refractivity contribution in [1.82, 2.24) is 4.90 Å². The van der Waals surface area contributed by atoms with E-state index in [9.17, 15) is 13.6 Å². The van der Waals surface area contributed by atoms with Crippen LogP contribution >= 0.6 is 0 Å². The first kappa shape index (κ1) is 16.0. The van der Waals surface area contributed by atoms with Gasteiger partial charge in [0.25, 0.3) is 0 Å². The first-order valence-corrected chi connectivity index (χ1v) is 8.00. The summed E-state index contributed by atoms with van der Waals surface area (Å²) >= 11 is 0. The quantitative estimate of drug-likeness (QED) is 0.804. The van der Waals surface area contributed by atoms with Crippen LogP contribution in [-0.2, 0) is 4.79 Å². The van der Waals surface area contributed by atoms with Gasteiger partial charge in [-0.1, -0.05) is 6.07 Å². The zero-order valence-electron chi connectivity index (χ0n) is 13.1. The Balaban J connectivity index is 1.75. The van der Waals surface area contributed by atoms with Crippen LogP contribution in [0.5, 0.6) is 11.5 Å². The van der Waals surface area contributed by atoms with E-state index in [0.717, 1.165) is 31.4 Å². The van der Waals surface area contributed by atoms with Crippen LogP contribution in [0.2, 0.25) is 0 Å². The maximum absolute atomic E-state index is 12.5. The molecule has 1 amide bonds. The van der Waals surface area contributed by atoms with Crippen molar-refractivity contribution in [2.45, 2.75) is 38.7 Å². The molecule has 3 rings (SSSR count). The highest BCUT2D eigenvalue weighted by atomic mass is 19.3. The van der Waals surface area contributed by atoms with Gasteiger partial charge >= 0.3 is 6.61 Å². The van der Waals surface area contributed by atoms with Gasteiger partial charge in [0.1, 0.15) is 0 Å². The van der Waals surface area contributed by atoms with Crippen LogP contribution in [0.3, 0.4) is 0 Å². The summed E-state index contributed by atoms with van der Waals surface area (Å²) in [6, 6.07) is 5.12. The summed E-state index contributed by atoms with van der Waals surface area (Å²) in [6.07, 6.45) is 3.12. The van der Waals surface area contributed by atoms with Gasteiger partial charge in [0.15, 0.2) is 11.5 Å². The minimum absolute atomic E-state index is 0.0651. The fourth-order valence-electron chi connectivity index (χ4n) is 2.90. The van der Waals surface area contributed by atoms with Crippen molar-refractivity contribution >= 4 is 5.91 Å². The SMILES string of the molecule is CC(=O)N1CC[C@@H](c2ccc(OC(F)F)c(OCC3CC3)c2)C1. The van der Waals surface area contributed by atoms with Crippen molar-refractivity contribution in [1.29, 1.82) is 0 Å². The minimum atomic E-state index is -2.87. The van der Waals surface area contributed by atoms with Gasteiger partial charge in [-0.2, -0.15) is 8.78 Å². The summed E-state index contributed by atoms with van der Waals surface area (Å²) in [4.78, 5) is 13.3. The predicted molar refractivity (Wildman–Crippen MR) is 80.9 cm³/mol. The number of halogens is 2. The van der Waals surface area contributed by atoms with E-state index >= 15 is 0 Å². The third-order valence-corrected chi connectivity index (χ3v) is 4.46. The second-order valence-electron chi connectivity index (χ2n) is 6.29. The number of hydrogen-bond acceptors (Lipinski definition) is 3. The highest BCUT2D eigenvalue weighted by molar-refractivity contribution is 5.73.